The van der Waals surface area contributed by atoms with Crippen LogP contribution in [0, 0.1) is 0 Å². The molecule has 1 aromatic heterocycles. The van der Waals surface area contributed by atoms with Crippen LogP contribution in [0.3, 0.4) is 0 Å². The third-order valence-electron chi connectivity index (χ3n) is 3.99. The lowest BCUT2D eigenvalue weighted by molar-refractivity contribution is -0.141. The predicted molar refractivity (Wildman–Crippen MR) is 111 cm³/mol. The second kappa shape index (κ2) is 9.07. The van der Waals surface area contributed by atoms with E-state index < -0.39 is 5.97 Å². The van der Waals surface area contributed by atoms with E-state index >= 15 is 0 Å². The number of ether oxygens (including phenoxy) is 2. The van der Waals surface area contributed by atoms with Gasteiger partial charge in [-0.25, -0.2) is 0 Å². The van der Waals surface area contributed by atoms with Crippen LogP contribution in [-0.2, 0) is 16.1 Å². The van der Waals surface area contributed by atoms with Crippen LogP contribution in [-0.4, -0.2) is 36.4 Å². The fourth-order valence-corrected chi connectivity index (χ4v) is 4.42. The van der Waals surface area contributed by atoms with Gasteiger partial charge in [0.1, 0.15) is 12.3 Å². The minimum absolute atomic E-state index is 0.0271. The van der Waals surface area contributed by atoms with Gasteiger partial charge >= 0.3 is 5.97 Å². The van der Waals surface area contributed by atoms with Gasteiger partial charge in [0, 0.05) is 10.5 Å². The van der Waals surface area contributed by atoms with E-state index in [1.54, 1.807) is 35.6 Å². The normalized spacial score (nSPS) is 11.6. The molecule has 0 spiro atoms. The predicted octanol–water partition coefficient (Wildman–Crippen LogP) is 3.74. The maximum atomic E-state index is 12.8. The average molecular weight is 417 g/mol. The molecule has 0 aliphatic rings. The number of hydrogen-bond acceptors (Lipinski definition) is 6. The first kappa shape index (κ1) is 20.2. The summed E-state index contributed by atoms with van der Waals surface area (Å²) in [7, 11) is 2.92. The molecule has 0 aliphatic carbocycles. The highest BCUT2D eigenvalue weighted by Gasteiger charge is 2.13. The summed E-state index contributed by atoms with van der Waals surface area (Å²) < 4.78 is 12.6. The molecular weight excluding hydrogens is 396 g/mol. The topological polar surface area (TPSA) is 69.9 Å². The molecule has 1 amide bonds. The average Bonchev–Trinajstić information content (AvgIpc) is 3.04. The van der Waals surface area contributed by atoms with Crippen molar-refractivity contribution >= 4 is 45.2 Å². The van der Waals surface area contributed by atoms with E-state index in [1.807, 2.05) is 30.3 Å². The number of nitrogens with zero attached hydrogens (tertiary/aromatic N) is 2. The maximum Gasteiger partial charge on any atom is 0.325 e. The first-order chi connectivity index (χ1) is 13.5. The van der Waals surface area contributed by atoms with E-state index in [0.29, 0.717) is 16.1 Å². The van der Waals surface area contributed by atoms with Crippen LogP contribution >= 0.6 is 23.1 Å². The highest BCUT2D eigenvalue weighted by molar-refractivity contribution is 7.99. The Bertz CT molecular complexity index is 1090. The van der Waals surface area contributed by atoms with Crippen molar-refractivity contribution in [2.24, 2.45) is 4.99 Å². The van der Waals surface area contributed by atoms with Gasteiger partial charge in [0.2, 0.25) is 0 Å². The molecule has 0 saturated heterocycles. The Morgan fingerprint density at radius 3 is 2.71 bits per heavy atom. The van der Waals surface area contributed by atoms with Gasteiger partial charge in [-0.2, -0.15) is 4.99 Å². The number of thiazole rings is 1. The number of hydrogen-bond donors (Lipinski definition) is 0. The molecule has 28 heavy (non-hydrogen) atoms. The van der Waals surface area contributed by atoms with Crippen molar-refractivity contribution in [3.05, 3.63) is 52.8 Å². The maximum absolute atomic E-state index is 12.8. The van der Waals surface area contributed by atoms with Crippen molar-refractivity contribution in [2.45, 2.75) is 18.4 Å². The lowest BCUT2D eigenvalue weighted by Gasteiger charge is -2.04. The Morgan fingerprint density at radius 1 is 1.18 bits per heavy atom. The quantitative estimate of drug-likeness (QED) is 0.452. The zero-order chi connectivity index (χ0) is 20.1. The van der Waals surface area contributed by atoms with Crippen molar-refractivity contribution in [3.63, 3.8) is 0 Å². The van der Waals surface area contributed by atoms with Gasteiger partial charge in [-0.15, -0.1) is 11.8 Å². The zero-order valence-electron chi connectivity index (χ0n) is 15.8. The summed E-state index contributed by atoms with van der Waals surface area (Å²) in [6.45, 7) is 2.03. The van der Waals surface area contributed by atoms with Crippen LogP contribution in [0.25, 0.3) is 10.2 Å². The number of esters is 1. The minimum Gasteiger partial charge on any atom is -0.497 e. The van der Waals surface area contributed by atoms with Crippen LogP contribution in [0.15, 0.2) is 52.4 Å². The molecule has 0 atom stereocenters. The Morgan fingerprint density at radius 2 is 2.00 bits per heavy atom. The van der Waals surface area contributed by atoms with Crippen molar-refractivity contribution in [1.29, 1.82) is 0 Å². The van der Waals surface area contributed by atoms with Crippen LogP contribution in [0.2, 0.25) is 0 Å². The van der Waals surface area contributed by atoms with Crippen molar-refractivity contribution in [3.8, 4) is 5.75 Å². The number of thioether (sulfide) groups is 1. The molecule has 0 saturated carbocycles. The smallest absolute Gasteiger partial charge is 0.325 e. The number of rotatable bonds is 6. The monoisotopic (exact) mass is 416 g/mol. The lowest BCUT2D eigenvalue weighted by atomic mass is 10.2. The van der Waals surface area contributed by atoms with Crippen LogP contribution in [0.5, 0.6) is 5.75 Å². The van der Waals surface area contributed by atoms with Crippen LogP contribution < -0.4 is 9.54 Å². The molecule has 6 nitrogen and oxygen atoms in total. The molecule has 0 radical (unpaired) electrons. The number of benzene rings is 2. The Labute approximate surface area is 170 Å². The molecule has 0 unspecified atom stereocenters. The Balaban J connectivity index is 2.09. The molecule has 3 aromatic rings. The number of aromatic nitrogens is 1. The van der Waals surface area contributed by atoms with Gasteiger partial charge in [0.15, 0.2) is 4.80 Å². The SMILES string of the molecule is CCSc1cccc(C(=O)N=c2sc3cc(OC)ccc3n2CC(=O)OC)c1. The highest BCUT2D eigenvalue weighted by Crippen LogP contribution is 2.23. The van der Waals surface area contributed by atoms with Crippen molar-refractivity contribution < 1.29 is 19.1 Å². The van der Waals surface area contributed by atoms with Gasteiger partial charge in [-0.3, -0.25) is 9.59 Å². The summed E-state index contributed by atoms with van der Waals surface area (Å²) in [6.07, 6.45) is 0. The van der Waals surface area contributed by atoms with E-state index in [4.69, 9.17) is 9.47 Å². The molecule has 1 heterocycles. The molecule has 0 bridgehead atoms. The van der Waals surface area contributed by atoms with Gasteiger partial charge in [-0.05, 0) is 42.2 Å². The Hall–Kier alpha value is -2.58. The van der Waals surface area contributed by atoms with Gasteiger partial charge in [0.25, 0.3) is 5.91 Å². The number of carbonyl (C=O) groups is 2. The highest BCUT2D eigenvalue weighted by atomic mass is 32.2. The lowest BCUT2D eigenvalue weighted by Crippen LogP contribution is -2.22. The third kappa shape index (κ3) is 4.45. The number of fused-ring (bicyclic) bond motifs is 1. The molecule has 0 N–H and O–H groups in total. The number of carbonyl (C=O) groups excluding carboxylic acids is 2. The summed E-state index contributed by atoms with van der Waals surface area (Å²) in [6, 6.07) is 12.9. The van der Waals surface area contributed by atoms with Crippen molar-refractivity contribution in [2.75, 3.05) is 20.0 Å². The van der Waals surface area contributed by atoms with E-state index in [1.165, 1.54) is 18.4 Å². The summed E-state index contributed by atoms with van der Waals surface area (Å²) in [4.78, 5) is 30.4. The minimum atomic E-state index is -0.411. The van der Waals surface area contributed by atoms with E-state index in [2.05, 4.69) is 11.9 Å². The first-order valence-electron chi connectivity index (χ1n) is 8.61. The molecule has 0 fully saturated rings. The molecule has 2 aromatic carbocycles. The summed E-state index contributed by atoms with van der Waals surface area (Å²) in [5, 5.41) is 0. The van der Waals surface area contributed by atoms with Crippen LogP contribution in [0.1, 0.15) is 17.3 Å². The largest absolute Gasteiger partial charge is 0.497 e. The van der Waals surface area contributed by atoms with E-state index in [-0.39, 0.29) is 12.5 Å². The van der Waals surface area contributed by atoms with Crippen molar-refractivity contribution in [1.82, 2.24) is 4.57 Å². The number of amides is 1. The van der Waals surface area contributed by atoms with Gasteiger partial charge in [-0.1, -0.05) is 24.3 Å². The third-order valence-corrected chi connectivity index (χ3v) is 5.91. The second-order valence-corrected chi connectivity index (χ2v) is 8.10. The fourth-order valence-electron chi connectivity index (χ4n) is 2.65. The van der Waals surface area contributed by atoms with Gasteiger partial charge < -0.3 is 14.0 Å². The zero-order valence-corrected chi connectivity index (χ0v) is 17.4. The molecular formula is C20H20N2O4S2. The fraction of sp³-hybridized carbons (Fsp3) is 0.250. The standard InChI is InChI=1S/C20H20N2O4S2/c1-4-27-15-7-5-6-13(10-15)19(24)21-20-22(12-18(23)26-3)16-9-8-14(25-2)11-17(16)28-20/h5-11H,4,12H2,1-3H3. The van der Waals surface area contributed by atoms with E-state index in [9.17, 15) is 9.59 Å². The molecule has 3 rings (SSSR count). The summed E-state index contributed by atoms with van der Waals surface area (Å²) in [5.74, 6) is 0.856. The second-order valence-electron chi connectivity index (χ2n) is 5.76. The Kier molecular flexibility index (Phi) is 6.53. The summed E-state index contributed by atoms with van der Waals surface area (Å²) >= 11 is 2.99. The first-order valence-corrected chi connectivity index (χ1v) is 10.4. The molecule has 0 aliphatic heterocycles. The summed E-state index contributed by atoms with van der Waals surface area (Å²) in [5.41, 5.74) is 1.30. The van der Waals surface area contributed by atoms with E-state index in [0.717, 1.165) is 20.9 Å². The molecule has 8 heteroatoms. The van der Waals surface area contributed by atoms with Crippen LogP contribution in [0.4, 0.5) is 0 Å². The molecule has 146 valence electrons. The van der Waals surface area contributed by atoms with Gasteiger partial charge in [0.05, 0.1) is 24.4 Å². The number of methoxy groups -OCH3 is 2.